The summed E-state index contributed by atoms with van der Waals surface area (Å²) >= 11 is 4.52. The number of hydrogen-bond donors (Lipinski definition) is 1. The molecule has 0 saturated heterocycles. The predicted octanol–water partition coefficient (Wildman–Crippen LogP) is 5.78. The molecule has 0 aliphatic heterocycles. The van der Waals surface area contributed by atoms with Crippen LogP contribution >= 0.6 is 45.2 Å². The van der Waals surface area contributed by atoms with Gasteiger partial charge in [0, 0.05) is 0 Å². The summed E-state index contributed by atoms with van der Waals surface area (Å²) < 4.78 is 8.01. The number of halogens is 2. The van der Waals surface area contributed by atoms with E-state index in [1.807, 2.05) is 68.4 Å². The Labute approximate surface area is 204 Å². The smallest absolute Gasteiger partial charge is 0.244 e. The number of hydrogen-bond acceptors (Lipinski definition) is 3. The molecule has 0 bridgehead atoms. The van der Waals surface area contributed by atoms with Gasteiger partial charge in [0.25, 0.3) is 0 Å². The molecule has 0 radical (unpaired) electrons. The van der Waals surface area contributed by atoms with E-state index in [-0.39, 0.29) is 5.91 Å². The minimum atomic E-state index is -0.134. The highest BCUT2D eigenvalue weighted by atomic mass is 127. The zero-order chi connectivity index (χ0) is 21.5. The van der Waals surface area contributed by atoms with Crippen LogP contribution in [0.2, 0.25) is 0 Å². The van der Waals surface area contributed by atoms with Gasteiger partial charge in [-0.2, -0.15) is 5.10 Å². The highest BCUT2D eigenvalue weighted by Crippen LogP contribution is 2.29. The number of ether oxygens (including phenoxy) is 1. The minimum Gasteiger partial charge on any atom is -0.487 e. The number of hydrazone groups is 1. The predicted molar refractivity (Wildman–Crippen MR) is 138 cm³/mol. The number of nitrogens with zero attached hydrogens (tertiary/aromatic N) is 1. The number of carbonyl (C=O) groups excluding carboxylic acids is 1. The Morgan fingerprint density at radius 2 is 1.73 bits per heavy atom. The summed E-state index contributed by atoms with van der Waals surface area (Å²) in [5, 5.41) is 4.12. The molecule has 30 heavy (non-hydrogen) atoms. The van der Waals surface area contributed by atoms with Crippen LogP contribution in [-0.4, -0.2) is 12.1 Å². The van der Waals surface area contributed by atoms with Crippen LogP contribution in [0.3, 0.4) is 0 Å². The monoisotopic (exact) mass is 624 g/mol. The van der Waals surface area contributed by atoms with Crippen LogP contribution in [0, 0.1) is 21.0 Å². The average Bonchev–Trinajstić information content (AvgIpc) is 2.70. The van der Waals surface area contributed by atoms with Crippen molar-refractivity contribution in [2.45, 2.75) is 26.9 Å². The van der Waals surface area contributed by atoms with Crippen molar-refractivity contribution in [3.05, 3.63) is 95.6 Å². The molecule has 0 aliphatic carbocycles. The summed E-state index contributed by atoms with van der Waals surface area (Å²) in [6.45, 7) is 4.58. The molecule has 0 fully saturated rings. The third-order valence-corrected chi connectivity index (χ3v) is 6.10. The Kier molecular flexibility index (Phi) is 8.26. The summed E-state index contributed by atoms with van der Waals surface area (Å²) in [6.07, 6.45) is 1.97. The third kappa shape index (κ3) is 6.53. The molecule has 3 rings (SSSR count). The zero-order valence-electron chi connectivity index (χ0n) is 16.8. The van der Waals surface area contributed by atoms with E-state index in [1.54, 1.807) is 6.21 Å². The fourth-order valence-corrected chi connectivity index (χ4v) is 5.08. The van der Waals surface area contributed by atoms with Gasteiger partial charge in [-0.25, -0.2) is 5.43 Å². The van der Waals surface area contributed by atoms with Gasteiger partial charge < -0.3 is 4.74 Å². The van der Waals surface area contributed by atoms with Crippen LogP contribution in [-0.2, 0) is 17.8 Å². The van der Waals surface area contributed by atoms with E-state index < -0.39 is 0 Å². The Bertz CT molecular complexity index is 1040. The first kappa shape index (κ1) is 22.7. The zero-order valence-corrected chi connectivity index (χ0v) is 21.1. The van der Waals surface area contributed by atoms with E-state index in [2.05, 4.69) is 61.8 Å². The lowest BCUT2D eigenvalue weighted by Gasteiger charge is -2.11. The number of carbonyl (C=O) groups is 1. The van der Waals surface area contributed by atoms with Gasteiger partial charge in [0.15, 0.2) is 0 Å². The van der Waals surface area contributed by atoms with E-state index in [0.717, 1.165) is 35.1 Å². The first-order valence-corrected chi connectivity index (χ1v) is 11.6. The molecule has 154 valence electrons. The standard InChI is InChI=1S/C24H22I2N2O2/c1-16-8-9-20(17(2)10-16)13-23(29)28-27-14-19-11-21(25)24(22(26)12-19)30-15-18-6-4-3-5-7-18/h3-12,14H,13,15H2,1-2H3,(H,28,29)/b27-14-. The Morgan fingerprint density at radius 3 is 2.40 bits per heavy atom. The normalized spacial score (nSPS) is 10.9. The summed E-state index contributed by atoms with van der Waals surface area (Å²) in [5.41, 5.74) is 7.96. The molecular weight excluding hydrogens is 602 g/mol. The molecule has 3 aromatic rings. The van der Waals surface area contributed by atoms with Gasteiger partial charge in [-0.1, -0.05) is 54.1 Å². The average molecular weight is 624 g/mol. The van der Waals surface area contributed by atoms with Gasteiger partial charge in [-0.05, 0) is 93.4 Å². The first-order chi connectivity index (χ1) is 14.4. The molecule has 0 unspecified atom stereocenters. The third-order valence-electron chi connectivity index (χ3n) is 4.50. The molecule has 1 amide bonds. The lowest BCUT2D eigenvalue weighted by atomic mass is 10.0. The Balaban J connectivity index is 1.59. The quantitative estimate of drug-likeness (QED) is 0.206. The first-order valence-electron chi connectivity index (χ1n) is 9.46. The van der Waals surface area contributed by atoms with Gasteiger partial charge in [0.05, 0.1) is 19.8 Å². The molecule has 0 aromatic heterocycles. The minimum absolute atomic E-state index is 0.134. The van der Waals surface area contributed by atoms with Crippen molar-refractivity contribution < 1.29 is 9.53 Å². The van der Waals surface area contributed by atoms with Gasteiger partial charge in [0.2, 0.25) is 5.91 Å². The molecule has 1 N–H and O–H groups in total. The Hall–Kier alpha value is -1.94. The van der Waals surface area contributed by atoms with Gasteiger partial charge in [-0.15, -0.1) is 0 Å². The molecule has 6 heteroatoms. The van der Waals surface area contributed by atoms with E-state index in [1.165, 1.54) is 5.56 Å². The molecule has 0 saturated carbocycles. The Morgan fingerprint density at radius 1 is 1.03 bits per heavy atom. The maximum Gasteiger partial charge on any atom is 0.244 e. The number of rotatable bonds is 7. The highest BCUT2D eigenvalue weighted by molar-refractivity contribution is 14.1. The maximum atomic E-state index is 12.2. The second-order valence-electron chi connectivity index (χ2n) is 6.99. The number of benzene rings is 3. The van der Waals surface area contributed by atoms with Crippen LogP contribution in [0.4, 0.5) is 0 Å². The maximum absolute atomic E-state index is 12.2. The second kappa shape index (κ2) is 10.9. The van der Waals surface area contributed by atoms with Crippen molar-refractivity contribution in [3.63, 3.8) is 0 Å². The lowest BCUT2D eigenvalue weighted by Crippen LogP contribution is -2.20. The summed E-state index contributed by atoms with van der Waals surface area (Å²) in [6, 6.07) is 20.2. The van der Waals surface area contributed by atoms with Gasteiger partial charge >= 0.3 is 0 Å². The van der Waals surface area contributed by atoms with Crippen LogP contribution < -0.4 is 10.2 Å². The van der Waals surface area contributed by atoms with E-state index >= 15 is 0 Å². The van der Waals surface area contributed by atoms with Crippen molar-refractivity contribution in [2.75, 3.05) is 0 Å². The molecular formula is C24H22I2N2O2. The number of aryl methyl sites for hydroxylation is 2. The number of amides is 1. The van der Waals surface area contributed by atoms with Gasteiger partial charge in [-0.3, -0.25) is 4.79 Å². The van der Waals surface area contributed by atoms with Gasteiger partial charge in [0.1, 0.15) is 12.4 Å². The van der Waals surface area contributed by atoms with Crippen molar-refractivity contribution in [3.8, 4) is 5.75 Å². The van der Waals surface area contributed by atoms with Crippen LogP contribution in [0.15, 0.2) is 65.8 Å². The molecule has 3 aromatic carbocycles. The molecule has 0 heterocycles. The van der Waals surface area contributed by atoms with Crippen molar-refractivity contribution in [2.24, 2.45) is 5.10 Å². The SMILES string of the molecule is Cc1ccc(CC(=O)N/N=C\c2cc(I)c(OCc3ccccc3)c(I)c2)c(C)c1. The van der Waals surface area contributed by atoms with Crippen LogP contribution in [0.25, 0.3) is 0 Å². The summed E-state index contributed by atoms with van der Waals surface area (Å²) in [7, 11) is 0. The fourth-order valence-electron chi connectivity index (χ4n) is 2.96. The molecule has 4 nitrogen and oxygen atoms in total. The van der Waals surface area contributed by atoms with E-state index in [0.29, 0.717) is 13.0 Å². The second-order valence-corrected chi connectivity index (χ2v) is 9.31. The van der Waals surface area contributed by atoms with Crippen molar-refractivity contribution in [1.29, 1.82) is 0 Å². The van der Waals surface area contributed by atoms with E-state index in [9.17, 15) is 4.79 Å². The molecule has 0 atom stereocenters. The highest BCUT2D eigenvalue weighted by Gasteiger charge is 2.09. The number of nitrogens with one attached hydrogen (secondary N) is 1. The van der Waals surface area contributed by atoms with Crippen LogP contribution in [0.5, 0.6) is 5.75 Å². The van der Waals surface area contributed by atoms with Crippen molar-refractivity contribution in [1.82, 2.24) is 5.43 Å². The largest absolute Gasteiger partial charge is 0.487 e. The molecule has 0 spiro atoms. The molecule has 0 aliphatic rings. The fraction of sp³-hybridized carbons (Fsp3) is 0.167. The summed E-state index contributed by atoms with van der Waals surface area (Å²) in [5.74, 6) is 0.724. The van der Waals surface area contributed by atoms with E-state index in [4.69, 9.17) is 4.74 Å². The lowest BCUT2D eigenvalue weighted by molar-refractivity contribution is -0.120. The summed E-state index contributed by atoms with van der Waals surface area (Å²) in [4.78, 5) is 12.2. The van der Waals surface area contributed by atoms with Crippen molar-refractivity contribution >= 4 is 57.3 Å². The topological polar surface area (TPSA) is 50.7 Å². The van der Waals surface area contributed by atoms with Crippen LogP contribution in [0.1, 0.15) is 27.8 Å².